The van der Waals surface area contributed by atoms with Gasteiger partial charge in [0.15, 0.2) is 0 Å². The van der Waals surface area contributed by atoms with Crippen molar-refractivity contribution in [3.8, 4) is 5.75 Å². The Labute approximate surface area is 117 Å². The predicted molar refractivity (Wildman–Crippen MR) is 80.1 cm³/mol. The normalized spacial score (nSPS) is 12.8. The molecule has 2 nitrogen and oxygen atoms in total. The van der Waals surface area contributed by atoms with Crippen LogP contribution in [-0.2, 0) is 0 Å². The van der Waals surface area contributed by atoms with E-state index in [0.717, 1.165) is 29.1 Å². The lowest BCUT2D eigenvalue weighted by atomic mass is 10.3. The molecular weight excluding hydrogens is 298 g/mol. The first-order chi connectivity index (χ1) is 8.13. The first-order valence-electron chi connectivity index (χ1n) is 5.71. The Morgan fingerprint density at radius 3 is 2.59 bits per heavy atom. The van der Waals surface area contributed by atoms with Crippen LogP contribution in [0.15, 0.2) is 28.7 Å². The van der Waals surface area contributed by atoms with E-state index in [1.54, 1.807) is 0 Å². The zero-order chi connectivity index (χ0) is 12.7. The van der Waals surface area contributed by atoms with Gasteiger partial charge >= 0.3 is 0 Å². The van der Waals surface area contributed by atoms with E-state index in [4.69, 9.17) is 4.74 Å². The largest absolute Gasteiger partial charge is 0.492 e. The smallest absolute Gasteiger partial charge is 0.119 e. The van der Waals surface area contributed by atoms with Crippen molar-refractivity contribution >= 4 is 27.7 Å². The Morgan fingerprint density at radius 2 is 2.00 bits per heavy atom. The molecule has 0 aromatic heterocycles. The van der Waals surface area contributed by atoms with Gasteiger partial charge in [-0.05, 0) is 44.5 Å². The van der Waals surface area contributed by atoms with Crippen LogP contribution in [0, 0.1) is 0 Å². The summed E-state index contributed by atoms with van der Waals surface area (Å²) in [4.78, 5) is 2.33. The summed E-state index contributed by atoms with van der Waals surface area (Å²) >= 11 is 5.29. The van der Waals surface area contributed by atoms with Crippen LogP contribution in [0.25, 0.3) is 0 Å². The zero-order valence-electron chi connectivity index (χ0n) is 10.6. The summed E-state index contributed by atoms with van der Waals surface area (Å²) in [5.74, 6) is 2.09. The summed E-state index contributed by atoms with van der Waals surface area (Å²) in [5, 5.41) is 0. The van der Waals surface area contributed by atoms with Gasteiger partial charge in [0.2, 0.25) is 0 Å². The Balaban J connectivity index is 2.25. The van der Waals surface area contributed by atoms with Gasteiger partial charge in [0.05, 0.1) is 0 Å². The first-order valence-corrected chi connectivity index (χ1v) is 7.89. The van der Waals surface area contributed by atoms with Crippen LogP contribution in [0.3, 0.4) is 0 Å². The number of benzene rings is 1. The van der Waals surface area contributed by atoms with Gasteiger partial charge in [-0.15, -0.1) is 0 Å². The van der Waals surface area contributed by atoms with Gasteiger partial charge in [-0.2, -0.15) is 11.8 Å². The number of likely N-dealkylation sites (N-methyl/N-ethyl adjacent to an activating group) is 1. The molecule has 0 saturated carbocycles. The van der Waals surface area contributed by atoms with Gasteiger partial charge in [0, 0.05) is 22.8 Å². The second-order valence-corrected chi connectivity index (χ2v) is 5.91. The highest BCUT2D eigenvalue weighted by molar-refractivity contribution is 9.10. The lowest BCUT2D eigenvalue weighted by Gasteiger charge is -2.23. The lowest BCUT2D eigenvalue weighted by molar-refractivity contribution is 0.210. The van der Waals surface area contributed by atoms with Crippen molar-refractivity contribution in [2.24, 2.45) is 0 Å². The number of hydrogen-bond donors (Lipinski definition) is 0. The summed E-state index contributed by atoms with van der Waals surface area (Å²) in [6, 6.07) is 8.55. The van der Waals surface area contributed by atoms with Gasteiger partial charge in [0.1, 0.15) is 12.4 Å². The van der Waals surface area contributed by atoms with Gasteiger partial charge in [-0.1, -0.05) is 15.9 Å². The highest BCUT2D eigenvalue weighted by Gasteiger charge is 2.07. The van der Waals surface area contributed by atoms with E-state index in [1.807, 2.05) is 36.0 Å². The molecule has 0 spiro atoms. The van der Waals surface area contributed by atoms with Crippen LogP contribution < -0.4 is 4.74 Å². The van der Waals surface area contributed by atoms with Gasteiger partial charge in [-0.25, -0.2) is 0 Å². The van der Waals surface area contributed by atoms with E-state index in [-0.39, 0.29) is 0 Å². The van der Waals surface area contributed by atoms with Crippen molar-refractivity contribution in [3.63, 3.8) is 0 Å². The highest BCUT2D eigenvalue weighted by atomic mass is 79.9. The second-order valence-electron chi connectivity index (χ2n) is 4.09. The molecule has 0 amide bonds. The van der Waals surface area contributed by atoms with Crippen LogP contribution >= 0.6 is 27.7 Å². The number of hydrogen-bond acceptors (Lipinski definition) is 3. The summed E-state index contributed by atoms with van der Waals surface area (Å²) in [7, 11) is 2.14. The average molecular weight is 318 g/mol. The van der Waals surface area contributed by atoms with Crippen LogP contribution in [0.1, 0.15) is 6.92 Å². The van der Waals surface area contributed by atoms with Crippen LogP contribution in [0.4, 0.5) is 0 Å². The van der Waals surface area contributed by atoms with Crippen molar-refractivity contribution in [1.29, 1.82) is 0 Å². The van der Waals surface area contributed by atoms with E-state index in [9.17, 15) is 0 Å². The summed E-state index contributed by atoms with van der Waals surface area (Å²) < 4.78 is 6.77. The fourth-order valence-electron chi connectivity index (χ4n) is 1.43. The molecule has 1 unspecified atom stereocenters. The van der Waals surface area contributed by atoms with Crippen molar-refractivity contribution in [3.05, 3.63) is 28.7 Å². The van der Waals surface area contributed by atoms with Crippen LogP contribution in [0.2, 0.25) is 0 Å². The van der Waals surface area contributed by atoms with Gasteiger partial charge in [-0.3, -0.25) is 4.90 Å². The molecule has 0 heterocycles. The molecule has 17 heavy (non-hydrogen) atoms. The standard InChI is InChI=1S/C13H20BrNOS/c1-11(10-17-3)15(2)8-9-16-13-6-4-12(14)5-7-13/h4-7,11H,8-10H2,1-3H3. The van der Waals surface area contributed by atoms with Crippen LogP contribution in [0.5, 0.6) is 5.75 Å². The molecular formula is C13H20BrNOS. The van der Waals surface area contributed by atoms with E-state index >= 15 is 0 Å². The SMILES string of the molecule is CSCC(C)N(C)CCOc1ccc(Br)cc1. The Hall–Kier alpha value is -0.190. The Kier molecular flexibility index (Phi) is 7.00. The molecule has 1 aromatic carbocycles. The molecule has 0 aliphatic rings. The second kappa shape index (κ2) is 8.01. The third kappa shape index (κ3) is 5.80. The van der Waals surface area contributed by atoms with Crippen molar-refractivity contribution in [1.82, 2.24) is 4.90 Å². The molecule has 1 atom stereocenters. The third-order valence-corrected chi connectivity index (χ3v) is 4.03. The monoisotopic (exact) mass is 317 g/mol. The van der Waals surface area contributed by atoms with Gasteiger partial charge < -0.3 is 4.74 Å². The minimum atomic E-state index is 0.596. The fraction of sp³-hybridized carbons (Fsp3) is 0.538. The molecule has 1 aromatic rings. The van der Waals surface area contributed by atoms with Crippen molar-refractivity contribution in [2.45, 2.75) is 13.0 Å². The minimum Gasteiger partial charge on any atom is -0.492 e. The van der Waals surface area contributed by atoms with Gasteiger partial charge in [0.25, 0.3) is 0 Å². The summed E-state index contributed by atoms with van der Waals surface area (Å²) in [5.41, 5.74) is 0. The molecule has 0 fully saturated rings. The molecule has 0 bridgehead atoms. The molecule has 0 radical (unpaired) electrons. The maximum Gasteiger partial charge on any atom is 0.119 e. The lowest BCUT2D eigenvalue weighted by Crippen LogP contribution is -2.34. The molecule has 1 rings (SSSR count). The molecule has 0 aliphatic heterocycles. The quantitative estimate of drug-likeness (QED) is 0.763. The van der Waals surface area contributed by atoms with Crippen molar-refractivity contribution in [2.75, 3.05) is 32.2 Å². The molecule has 0 N–H and O–H groups in total. The predicted octanol–water partition coefficient (Wildman–Crippen LogP) is 3.51. The van der Waals surface area contributed by atoms with E-state index < -0.39 is 0 Å². The van der Waals surface area contributed by atoms with E-state index in [0.29, 0.717) is 6.04 Å². The number of thioether (sulfide) groups is 1. The minimum absolute atomic E-state index is 0.596. The number of nitrogens with zero attached hydrogens (tertiary/aromatic N) is 1. The molecule has 96 valence electrons. The number of halogens is 1. The van der Waals surface area contributed by atoms with Crippen molar-refractivity contribution < 1.29 is 4.74 Å². The Bertz CT molecular complexity index is 318. The maximum atomic E-state index is 5.69. The third-order valence-electron chi connectivity index (χ3n) is 2.69. The topological polar surface area (TPSA) is 12.5 Å². The highest BCUT2D eigenvalue weighted by Crippen LogP contribution is 2.16. The zero-order valence-corrected chi connectivity index (χ0v) is 13.1. The first kappa shape index (κ1) is 14.9. The van der Waals surface area contributed by atoms with E-state index in [2.05, 4.69) is 41.1 Å². The fourth-order valence-corrected chi connectivity index (χ4v) is 2.43. The van der Waals surface area contributed by atoms with Crippen LogP contribution in [-0.4, -0.2) is 43.1 Å². The number of ether oxygens (including phenoxy) is 1. The molecule has 0 aliphatic carbocycles. The maximum absolute atomic E-state index is 5.69. The Morgan fingerprint density at radius 1 is 1.35 bits per heavy atom. The molecule has 4 heteroatoms. The average Bonchev–Trinajstić information content (AvgIpc) is 2.32. The molecule has 0 saturated heterocycles. The summed E-state index contributed by atoms with van der Waals surface area (Å²) in [6.07, 6.45) is 2.14. The van der Waals surface area contributed by atoms with E-state index in [1.165, 1.54) is 0 Å². The summed E-state index contributed by atoms with van der Waals surface area (Å²) in [6.45, 7) is 3.94. The number of rotatable bonds is 7.